The minimum absolute atomic E-state index is 0.0288. The number of carbonyl (C=O) groups is 1. The monoisotopic (exact) mass is 379 g/mol. The third-order valence-corrected chi connectivity index (χ3v) is 5.44. The van der Waals surface area contributed by atoms with Gasteiger partial charge in [-0.1, -0.05) is 6.92 Å². The summed E-state index contributed by atoms with van der Waals surface area (Å²) < 4.78 is 12.1. The highest BCUT2D eigenvalue weighted by Gasteiger charge is 2.75. The van der Waals surface area contributed by atoms with E-state index in [1.807, 2.05) is 6.92 Å². The molecule has 4 heterocycles. The van der Waals surface area contributed by atoms with E-state index < -0.39 is 29.6 Å². The van der Waals surface area contributed by atoms with E-state index in [9.17, 15) is 15.0 Å². The van der Waals surface area contributed by atoms with E-state index in [1.54, 1.807) is 13.0 Å². The lowest BCUT2D eigenvalue weighted by molar-refractivity contribution is -0.623. The van der Waals surface area contributed by atoms with Crippen LogP contribution in [0.15, 0.2) is 21.5 Å². The second kappa shape index (κ2) is 5.60. The van der Waals surface area contributed by atoms with E-state index in [1.165, 1.54) is 10.6 Å². The van der Waals surface area contributed by atoms with Crippen LogP contribution in [0.4, 0.5) is 0 Å². The fourth-order valence-electron chi connectivity index (χ4n) is 4.16. The predicted molar refractivity (Wildman–Crippen MR) is 92.6 cm³/mol. The molecule has 11 heteroatoms. The first-order valence-corrected chi connectivity index (χ1v) is 8.71. The summed E-state index contributed by atoms with van der Waals surface area (Å²) in [6.07, 6.45) is -0.700. The first kappa shape index (κ1) is 17.6. The lowest BCUT2D eigenvalue weighted by Crippen LogP contribution is -2.78. The number of hydrogen-bond donors (Lipinski definition) is 6. The number of aliphatic imine (C=N–C) groups is 1. The summed E-state index contributed by atoms with van der Waals surface area (Å²) >= 11 is 0. The summed E-state index contributed by atoms with van der Waals surface area (Å²) in [6.45, 7) is 3.54. The van der Waals surface area contributed by atoms with E-state index in [0.717, 1.165) is 0 Å². The summed E-state index contributed by atoms with van der Waals surface area (Å²) in [5, 5.41) is 28.1. The second-order valence-corrected chi connectivity index (χ2v) is 7.04. The highest BCUT2D eigenvalue weighted by atomic mass is 16.6. The van der Waals surface area contributed by atoms with Crippen LogP contribution in [0.2, 0.25) is 0 Å². The molecule has 0 aliphatic carbocycles. The second-order valence-electron chi connectivity index (χ2n) is 7.04. The fourth-order valence-corrected chi connectivity index (χ4v) is 4.16. The van der Waals surface area contributed by atoms with Crippen LogP contribution in [-0.4, -0.2) is 68.9 Å². The van der Waals surface area contributed by atoms with Gasteiger partial charge in [0.1, 0.15) is 24.4 Å². The van der Waals surface area contributed by atoms with Crippen molar-refractivity contribution in [2.75, 3.05) is 6.54 Å². The lowest BCUT2D eigenvalue weighted by Gasteiger charge is -2.43. The van der Waals surface area contributed by atoms with Gasteiger partial charge in [0.25, 0.3) is 5.79 Å². The van der Waals surface area contributed by atoms with E-state index >= 15 is 0 Å². The zero-order chi connectivity index (χ0) is 19.6. The van der Waals surface area contributed by atoms with Gasteiger partial charge in [-0.25, -0.2) is 14.4 Å². The highest BCUT2D eigenvalue weighted by molar-refractivity contribution is 5.87. The highest BCUT2D eigenvalue weighted by Crippen LogP contribution is 2.43. The van der Waals surface area contributed by atoms with Crippen molar-refractivity contribution in [3.8, 4) is 0 Å². The molecule has 3 aliphatic rings. The first-order chi connectivity index (χ1) is 12.7. The van der Waals surface area contributed by atoms with Gasteiger partial charge in [0.2, 0.25) is 11.4 Å². The minimum Gasteiger partial charge on any atom is -0.454 e. The average Bonchev–Trinajstić information content (AvgIpc) is 3.24. The molecule has 1 fully saturated rings. The topological polar surface area (TPSA) is 171 Å². The van der Waals surface area contributed by atoms with Crippen molar-refractivity contribution in [3.63, 3.8) is 0 Å². The number of ether oxygens (including phenoxy) is 1. The number of carbonyl (C=O) groups excluding carboxylic acids is 1. The molecular weight excluding hydrogens is 356 g/mol. The number of nitrogens with two attached hydrogens (primary N) is 2. The summed E-state index contributed by atoms with van der Waals surface area (Å²) in [6, 6.07) is 2.14. The largest absolute Gasteiger partial charge is 0.454 e. The molecule has 1 saturated heterocycles. The normalized spacial score (nSPS) is 33.6. The molecule has 3 aliphatic heterocycles. The van der Waals surface area contributed by atoms with Crippen LogP contribution in [0.5, 0.6) is 0 Å². The Balaban J connectivity index is 1.71. The molecule has 1 aromatic heterocycles. The molecule has 1 aromatic rings. The number of guanidine groups is 2. The molecule has 0 saturated carbocycles. The molecule has 0 radical (unpaired) electrons. The van der Waals surface area contributed by atoms with Gasteiger partial charge < -0.3 is 30.4 Å². The van der Waals surface area contributed by atoms with E-state index in [4.69, 9.17) is 20.6 Å². The first-order valence-electron chi connectivity index (χ1n) is 8.71. The van der Waals surface area contributed by atoms with Crippen molar-refractivity contribution in [2.45, 2.75) is 49.9 Å². The number of hydrogen-bond acceptors (Lipinski definition) is 10. The number of nitrogens with one attached hydrogen (secondary N) is 2. The molecule has 146 valence electrons. The molecule has 0 amide bonds. The van der Waals surface area contributed by atoms with Crippen LogP contribution < -0.4 is 22.1 Å². The summed E-state index contributed by atoms with van der Waals surface area (Å²) in [5.74, 6) is -2.54. The van der Waals surface area contributed by atoms with Crippen molar-refractivity contribution in [1.29, 1.82) is 0 Å². The van der Waals surface area contributed by atoms with Crippen LogP contribution in [0.25, 0.3) is 0 Å². The maximum atomic E-state index is 12.4. The zero-order valence-electron chi connectivity index (χ0n) is 15.0. The van der Waals surface area contributed by atoms with Crippen LogP contribution in [0.3, 0.4) is 0 Å². The van der Waals surface area contributed by atoms with Crippen LogP contribution in [0.1, 0.15) is 29.7 Å². The molecular formula is C16H23N6O5+. The Hall–Kier alpha value is -2.79. The van der Waals surface area contributed by atoms with Gasteiger partial charge in [0.15, 0.2) is 12.1 Å². The van der Waals surface area contributed by atoms with Gasteiger partial charge in [-0.15, -0.1) is 0 Å². The van der Waals surface area contributed by atoms with Crippen LogP contribution in [-0.2, 0) is 4.74 Å². The quantitative estimate of drug-likeness (QED) is 0.189. The van der Waals surface area contributed by atoms with Gasteiger partial charge in [0, 0.05) is 0 Å². The Morgan fingerprint density at radius 1 is 1.48 bits per heavy atom. The molecule has 27 heavy (non-hydrogen) atoms. The van der Waals surface area contributed by atoms with Crippen molar-refractivity contribution in [3.05, 3.63) is 23.7 Å². The summed E-state index contributed by atoms with van der Waals surface area (Å²) in [4.78, 5) is 16.7. The van der Waals surface area contributed by atoms with Crippen molar-refractivity contribution >= 4 is 17.9 Å². The molecule has 11 nitrogen and oxygen atoms in total. The summed E-state index contributed by atoms with van der Waals surface area (Å²) in [7, 11) is 0. The number of aryl methyl sites for hydroxylation is 1. The SMILES string of the molecule is CC[C@@H]1NC(N)=[N+]2C[C@H](OC(=O)c3ccc(C)o3)C(O)(O)[C@@]23NC(N)=N[C@@H]13. The van der Waals surface area contributed by atoms with Crippen LogP contribution >= 0.6 is 0 Å². The van der Waals surface area contributed by atoms with Crippen molar-refractivity contribution in [2.24, 2.45) is 16.5 Å². The Labute approximate surface area is 154 Å². The maximum Gasteiger partial charge on any atom is 0.374 e. The van der Waals surface area contributed by atoms with Gasteiger partial charge in [0.05, 0.1) is 0 Å². The maximum absolute atomic E-state index is 12.4. The molecule has 0 aromatic carbocycles. The van der Waals surface area contributed by atoms with Crippen molar-refractivity contribution < 1.29 is 28.7 Å². The fraction of sp³-hybridized carbons (Fsp3) is 0.562. The number of aliphatic hydroxyl groups is 2. The van der Waals surface area contributed by atoms with Gasteiger partial charge in [-0.2, -0.15) is 0 Å². The minimum atomic E-state index is -2.51. The molecule has 0 unspecified atom stereocenters. The lowest BCUT2D eigenvalue weighted by atomic mass is 9.85. The number of rotatable bonds is 3. The van der Waals surface area contributed by atoms with Gasteiger partial charge >= 0.3 is 11.9 Å². The van der Waals surface area contributed by atoms with Gasteiger partial charge in [-0.05, 0) is 25.5 Å². The predicted octanol–water partition coefficient (Wildman–Crippen LogP) is -2.50. The number of nitrogens with zero attached hydrogens (tertiary/aromatic N) is 2. The zero-order valence-corrected chi connectivity index (χ0v) is 15.0. The Bertz CT molecular complexity index is 861. The Morgan fingerprint density at radius 3 is 2.85 bits per heavy atom. The molecule has 4 atom stereocenters. The van der Waals surface area contributed by atoms with Gasteiger partial charge in [-0.3, -0.25) is 11.1 Å². The van der Waals surface area contributed by atoms with Crippen LogP contribution in [0, 0.1) is 6.92 Å². The number of esters is 1. The molecule has 8 N–H and O–H groups in total. The third kappa shape index (κ3) is 2.24. The molecule has 0 bridgehead atoms. The smallest absolute Gasteiger partial charge is 0.374 e. The average molecular weight is 379 g/mol. The van der Waals surface area contributed by atoms with E-state index in [2.05, 4.69) is 15.6 Å². The molecule has 4 rings (SSSR count). The standard InChI is InChI=1S/C16H22N6O5/c1-3-8-11-15(21-13(17)20-11)16(24,25)10(6-22(15)14(18)19-8)27-12(23)9-5-4-7(2)26-9/h4-5,8,10-11,24-25H,3,6H2,1-2H3,(H5,17,18,19,20,21)/p+1/t8-,10-,11-,15-/m0/s1. The summed E-state index contributed by atoms with van der Waals surface area (Å²) in [5.41, 5.74) is 10.4. The molecule has 1 spiro atoms. The van der Waals surface area contributed by atoms with Crippen molar-refractivity contribution in [1.82, 2.24) is 10.6 Å². The number of furan rings is 1. The third-order valence-electron chi connectivity index (χ3n) is 5.44. The Morgan fingerprint density at radius 2 is 2.22 bits per heavy atom. The Kier molecular flexibility index (Phi) is 3.65. The van der Waals surface area contributed by atoms with E-state index in [0.29, 0.717) is 12.2 Å². The van der Waals surface area contributed by atoms with E-state index in [-0.39, 0.29) is 30.3 Å².